The normalized spacial score (nSPS) is 19.4. The molecule has 1 aliphatic rings. The van der Waals surface area contributed by atoms with Gasteiger partial charge in [0.15, 0.2) is 11.4 Å². The quantitative estimate of drug-likeness (QED) is 0.824. The molecule has 0 radical (unpaired) electrons. The van der Waals surface area contributed by atoms with Gasteiger partial charge in [0.1, 0.15) is 0 Å². The molecule has 1 heterocycles. The van der Waals surface area contributed by atoms with Crippen LogP contribution >= 0.6 is 0 Å². The molecule has 0 aromatic heterocycles. The summed E-state index contributed by atoms with van der Waals surface area (Å²) in [6, 6.07) is 16.6. The Morgan fingerprint density at radius 2 is 1.80 bits per heavy atom. The molecular weight excluding hydrogens is 314 g/mol. The van der Waals surface area contributed by atoms with Crippen molar-refractivity contribution >= 4 is 23.5 Å². The molecule has 1 aliphatic heterocycles. The zero-order valence-electron chi connectivity index (χ0n) is 14.2. The number of fused-ring (bicyclic) bond motifs is 1. The topological polar surface area (TPSA) is 57.6 Å². The molecule has 0 bridgehead atoms. The van der Waals surface area contributed by atoms with E-state index in [-0.39, 0.29) is 12.2 Å². The average molecular weight is 335 g/mol. The number of para-hydroxylation sites is 1. The van der Waals surface area contributed by atoms with Crippen LogP contribution in [0.2, 0.25) is 0 Å². The van der Waals surface area contributed by atoms with E-state index in [2.05, 4.69) is 0 Å². The van der Waals surface area contributed by atoms with Gasteiger partial charge in [-0.25, -0.2) is 0 Å². The first-order valence-corrected chi connectivity index (χ1v) is 8.46. The van der Waals surface area contributed by atoms with Crippen LogP contribution in [0.1, 0.15) is 30.9 Å². The molecule has 0 aliphatic carbocycles. The predicted molar refractivity (Wildman–Crippen MR) is 98.1 cm³/mol. The van der Waals surface area contributed by atoms with E-state index < -0.39 is 11.5 Å². The van der Waals surface area contributed by atoms with Gasteiger partial charge in [0.2, 0.25) is 0 Å². The van der Waals surface area contributed by atoms with Crippen LogP contribution in [0.4, 0.5) is 5.69 Å². The molecule has 2 aromatic carbocycles. The van der Waals surface area contributed by atoms with Gasteiger partial charge in [0.25, 0.3) is 5.91 Å². The standard InChI is InChI=1S/C21H21NO3/c1-2-14-22-19-11-7-6-10-18(19)21(25,20(22)24)15-17(23)13-12-16-8-4-3-5-9-16/h3-13,25H,2,14-15H2,1H3/b13-12+/t21-/m0/s1. The van der Waals surface area contributed by atoms with E-state index in [1.807, 2.05) is 49.4 Å². The highest BCUT2D eigenvalue weighted by Gasteiger charge is 2.50. The van der Waals surface area contributed by atoms with Crippen LogP contribution in [0.15, 0.2) is 60.7 Å². The molecule has 4 nitrogen and oxygen atoms in total. The Bertz CT molecular complexity index is 813. The van der Waals surface area contributed by atoms with Crippen molar-refractivity contribution in [3.05, 3.63) is 71.8 Å². The Morgan fingerprint density at radius 3 is 2.52 bits per heavy atom. The summed E-state index contributed by atoms with van der Waals surface area (Å²) in [4.78, 5) is 26.7. The minimum Gasteiger partial charge on any atom is -0.375 e. The Morgan fingerprint density at radius 1 is 1.12 bits per heavy atom. The number of hydrogen-bond donors (Lipinski definition) is 1. The first-order valence-electron chi connectivity index (χ1n) is 8.46. The van der Waals surface area contributed by atoms with Crippen molar-refractivity contribution in [2.75, 3.05) is 11.4 Å². The zero-order chi connectivity index (χ0) is 17.9. The summed E-state index contributed by atoms with van der Waals surface area (Å²) in [5, 5.41) is 11.0. The monoisotopic (exact) mass is 335 g/mol. The Labute approximate surface area is 147 Å². The number of benzene rings is 2. The fourth-order valence-corrected chi connectivity index (χ4v) is 3.19. The van der Waals surface area contributed by atoms with Crippen molar-refractivity contribution in [2.45, 2.75) is 25.4 Å². The SMILES string of the molecule is CCCN1C(=O)[C@](O)(CC(=O)/C=C/c2ccccc2)c2ccccc21. The predicted octanol–water partition coefficient (Wildman–Crippen LogP) is 3.30. The Balaban J connectivity index is 1.84. The van der Waals surface area contributed by atoms with Gasteiger partial charge in [0.05, 0.1) is 12.1 Å². The summed E-state index contributed by atoms with van der Waals surface area (Å²) in [7, 11) is 0. The molecule has 3 rings (SSSR count). The van der Waals surface area contributed by atoms with E-state index >= 15 is 0 Å². The molecule has 128 valence electrons. The first-order chi connectivity index (χ1) is 12.1. The maximum Gasteiger partial charge on any atom is 0.264 e. The number of carbonyl (C=O) groups is 2. The fourth-order valence-electron chi connectivity index (χ4n) is 3.19. The van der Waals surface area contributed by atoms with E-state index in [0.717, 1.165) is 12.0 Å². The molecule has 0 saturated heterocycles. The van der Waals surface area contributed by atoms with Crippen molar-refractivity contribution in [1.82, 2.24) is 0 Å². The molecule has 0 spiro atoms. The van der Waals surface area contributed by atoms with Crippen LogP contribution in [0.5, 0.6) is 0 Å². The lowest BCUT2D eigenvalue weighted by atomic mass is 9.89. The maximum absolute atomic E-state index is 12.8. The molecule has 0 unspecified atom stereocenters. The molecular formula is C21H21NO3. The van der Waals surface area contributed by atoms with Gasteiger partial charge in [-0.2, -0.15) is 0 Å². The van der Waals surface area contributed by atoms with Gasteiger partial charge in [-0.05, 0) is 24.1 Å². The highest BCUT2D eigenvalue weighted by Crippen LogP contribution is 2.42. The minimum absolute atomic E-state index is 0.258. The van der Waals surface area contributed by atoms with Crippen molar-refractivity contribution in [2.24, 2.45) is 0 Å². The summed E-state index contributed by atoms with van der Waals surface area (Å²) >= 11 is 0. The number of aliphatic hydroxyl groups is 1. The third-order valence-corrected chi connectivity index (χ3v) is 4.38. The second kappa shape index (κ2) is 7.03. The number of ketones is 1. The molecule has 1 atom stereocenters. The van der Waals surface area contributed by atoms with Crippen molar-refractivity contribution in [1.29, 1.82) is 0 Å². The molecule has 4 heteroatoms. The maximum atomic E-state index is 12.8. The third-order valence-electron chi connectivity index (χ3n) is 4.38. The van der Waals surface area contributed by atoms with Gasteiger partial charge in [-0.3, -0.25) is 9.59 Å². The van der Waals surface area contributed by atoms with Gasteiger partial charge >= 0.3 is 0 Å². The summed E-state index contributed by atoms with van der Waals surface area (Å²) < 4.78 is 0. The number of nitrogens with zero attached hydrogens (tertiary/aromatic N) is 1. The lowest BCUT2D eigenvalue weighted by molar-refractivity contribution is -0.140. The van der Waals surface area contributed by atoms with Crippen molar-refractivity contribution in [3.63, 3.8) is 0 Å². The lowest BCUT2D eigenvalue weighted by Gasteiger charge is -2.22. The molecule has 2 aromatic rings. The summed E-state index contributed by atoms with van der Waals surface area (Å²) in [6.07, 6.45) is 3.64. The molecule has 25 heavy (non-hydrogen) atoms. The van der Waals surface area contributed by atoms with Gasteiger partial charge in [0, 0.05) is 12.1 Å². The molecule has 1 N–H and O–H groups in total. The van der Waals surface area contributed by atoms with E-state index in [9.17, 15) is 14.7 Å². The van der Waals surface area contributed by atoms with Crippen LogP contribution in [-0.4, -0.2) is 23.3 Å². The van der Waals surface area contributed by atoms with E-state index in [0.29, 0.717) is 17.8 Å². The number of amides is 1. The molecule has 0 fully saturated rings. The number of carbonyl (C=O) groups excluding carboxylic acids is 2. The molecule has 0 saturated carbocycles. The van der Waals surface area contributed by atoms with Gasteiger partial charge in [-0.15, -0.1) is 0 Å². The Hall–Kier alpha value is -2.72. The second-order valence-corrected chi connectivity index (χ2v) is 6.22. The molecule has 1 amide bonds. The highest BCUT2D eigenvalue weighted by molar-refractivity contribution is 6.10. The van der Waals surface area contributed by atoms with Crippen LogP contribution in [0.3, 0.4) is 0 Å². The van der Waals surface area contributed by atoms with Crippen molar-refractivity contribution in [3.8, 4) is 0 Å². The summed E-state index contributed by atoms with van der Waals surface area (Å²) in [6.45, 7) is 2.49. The van der Waals surface area contributed by atoms with Crippen LogP contribution in [0.25, 0.3) is 6.08 Å². The Kier molecular flexibility index (Phi) is 4.81. The van der Waals surface area contributed by atoms with E-state index in [1.54, 1.807) is 23.1 Å². The lowest BCUT2D eigenvalue weighted by Crippen LogP contribution is -2.41. The van der Waals surface area contributed by atoms with E-state index in [1.165, 1.54) is 6.08 Å². The number of rotatable bonds is 6. The third kappa shape index (κ3) is 3.26. The smallest absolute Gasteiger partial charge is 0.264 e. The zero-order valence-corrected chi connectivity index (χ0v) is 14.2. The minimum atomic E-state index is -1.79. The van der Waals surface area contributed by atoms with Gasteiger partial charge in [-0.1, -0.05) is 61.5 Å². The number of hydrogen-bond acceptors (Lipinski definition) is 3. The first kappa shape index (κ1) is 17.1. The van der Waals surface area contributed by atoms with Crippen LogP contribution in [0, 0.1) is 0 Å². The van der Waals surface area contributed by atoms with E-state index in [4.69, 9.17) is 0 Å². The van der Waals surface area contributed by atoms with Crippen LogP contribution < -0.4 is 4.90 Å². The summed E-state index contributed by atoms with van der Waals surface area (Å²) in [5.41, 5.74) is 0.310. The highest BCUT2D eigenvalue weighted by atomic mass is 16.3. The fraction of sp³-hybridized carbons (Fsp3) is 0.238. The summed E-state index contributed by atoms with van der Waals surface area (Å²) in [5.74, 6) is -0.704. The van der Waals surface area contributed by atoms with Crippen molar-refractivity contribution < 1.29 is 14.7 Å². The number of anilines is 1. The number of allylic oxidation sites excluding steroid dienone is 1. The average Bonchev–Trinajstić information content (AvgIpc) is 2.83. The largest absolute Gasteiger partial charge is 0.375 e. The van der Waals surface area contributed by atoms with Crippen LogP contribution in [-0.2, 0) is 15.2 Å². The second-order valence-electron chi connectivity index (χ2n) is 6.22. The van der Waals surface area contributed by atoms with Gasteiger partial charge < -0.3 is 10.0 Å².